The number of carbonyl (C=O) groups excluding carboxylic acids is 1. The van der Waals surface area contributed by atoms with Crippen LogP contribution in [-0.2, 0) is 9.63 Å². The third kappa shape index (κ3) is 1.93. The SMILES string of the molecule is CON1C(C)(C)CC2(CC1(C)C)NC(O)NC2=O. The summed E-state index contributed by atoms with van der Waals surface area (Å²) in [6.45, 7) is 8.16. The smallest absolute Gasteiger partial charge is 0.243 e. The third-order valence-corrected chi connectivity index (χ3v) is 3.87. The highest BCUT2D eigenvalue weighted by Gasteiger charge is 2.59. The van der Waals surface area contributed by atoms with Crippen LogP contribution < -0.4 is 10.6 Å². The van der Waals surface area contributed by atoms with Crippen molar-refractivity contribution in [3.8, 4) is 0 Å². The molecule has 1 amide bonds. The van der Waals surface area contributed by atoms with E-state index < -0.39 is 11.9 Å². The van der Waals surface area contributed by atoms with Crippen LogP contribution in [0, 0.1) is 0 Å². The zero-order valence-corrected chi connectivity index (χ0v) is 11.7. The lowest BCUT2D eigenvalue weighted by atomic mass is 9.70. The average molecular weight is 257 g/mol. The number of rotatable bonds is 1. The Balaban J connectivity index is 2.37. The van der Waals surface area contributed by atoms with Crippen molar-refractivity contribution in [2.24, 2.45) is 0 Å². The number of nitrogens with zero attached hydrogens (tertiary/aromatic N) is 1. The molecule has 6 heteroatoms. The van der Waals surface area contributed by atoms with Crippen LogP contribution >= 0.6 is 0 Å². The van der Waals surface area contributed by atoms with E-state index >= 15 is 0 Å². The third-order valence-electron chi connectivity index (χ3n) is 3.87. The van der Waals surface area contributed by atoms with E-state index in [2.05, 4.69) is 10.6 Å². The standard InChI is InChI=1S/C12H23N3O3/c1-10(2)6-12(8(16)13-9(17)14-12)7-11(3,4)15(10)18-5/h9,14,17H,6-7H2,1-5H3,(H,13,16). The molecule has 2 aliphatic rings. The topological polar surface area (TPSA) is 73.8 Å². The number of piperidine rings is 1. The first kappa shape index (κ1) is 13.7. The van der Waals surface area contributed by atoms with E-state index in [4.69, 9.17) is 4.84 Å². The molecule has 104 valence electrons. The van der Waals surface area contributed by atoms with Crippen molar-refractivity contribution in [1.29, 1.82) is 0 Å². The molecule has 18 heavy (non-hydrogen) atoms. The Labute approximate surface area is 108 Å². The maximum absolute atomic E-state index is 12.1. The summed E-state index contributed by atoms with van der Waals surface area (Å²) in [6, 6.07) is 0. The minimum Gasteiger partial charge on any atom is -0.361 e. The van der Waals surface area contributed by atoms with Gasteiger partial charge in [0.2, 0.25) is 5.91 Å². The summed E-state index contributed by atoms with van der Waals surface area (Å²) in [7, 11) is 1.65. The zero-order chi connectivity index (χ0) is 13.8. The predicted octanol–water partition coefficient (Wildman–Crippen LogP) is -0.0651. The van der Waals surface area contributed by atoms with Crippen LogP contribution in [0.3, 0.4) is 0 Å². The normalized spacial score (nSPS) is 33.7. The molecule has 2 saturated heterocycles. The van der Waals surface area contributed by atoms with E-state index in [9.17, 15) is 9.90 Å². The fraction of sp³-hybridized carbons (Fsp3) is 0.917. The first-order chi connectivity index (χ1) is 8.13. The predicted molar refractivity (Wildman–Crippen MR) is 66.3 cm³/mol. The quantitative estimate of drug-likeness (QED) is 0.613. The first-order valence-electron chi connectivity index (χ1n) is 6.24. The molecule has 2 rings (SSSR count). The monoisotopic (exact) mass is 257 g/mol. The van der Waals surface area contributed by atoms with Crippen molar-refractivity contribution >= 4 is 5.91 Å². The van der Waals surface area contributed by atoms with E-state index in [0.717, 1.165) is 0 Å². The Morgan fingerprint density at radius 3 is 2.11 bits per heavy atom. The molecule has 2 heterocycles. The second-order valence-electron chi connectivity index (χ2n) is 6.56. The van der Waals surface area contributed by atoms with Gasteiger partial charge in [-0.25, -0.2) is 0 Å². The van der Waals surface area contributed by atoms with Crippen LogP contribution in [0.5, 0.6) is 0 Å². The van der Waals surface area contributed by atoms with Crippen LogP contribution in [0.4, 0.5) is 0 Å². The molecule has 0 aromatic heterocycles. The summed E-state index contributed by atoms with van der Waals surface area (Å²) in [4.78, 5) is 17.6. The Kier molecular flexibility index (Phi) is 2.98. The van der Waals surface area contributed by atoms with Crippen LogP contribution in [-0.4, -0.2) is 46.2 Å². The summed E-state index contributed by atoms with van der Waals surface area (Å²) < 4.78 is 0. The molecule has 2 aliphatic heterocycles. The lowest BCUT2D eigenvalue weighted by molar-refractivity contribution is -0.273. The van der Waals surface area contributed by atoms with Crippen molar-refractivity contribution < 1.29 is 14.7 Å². The molecule has 0 aromatic carbocycles. The van der Waals surface area contributed by atoms with Crippen molar-refractivity contribution in [3.63, 3.8) is 0 Å². The molecular formula is C12H23N3O3. The molecule has 1 atom stereocenters. The van der Waals surface area contributed by atoms with Gasteiger partial charge in [-0.1, -0.05) is 0 Å². The van der Waals surface area contributed by atoms with E-state index in [1.165, 1.54) is 0 Å². The van der Waals surface area contributed by atoms with Gasteiger partial charge < -0.3 is 15.3 Å². The maximum Gasteiger partial charge on any atom is 0.243 e. The maximum atomic E-state index is 12.1. The summed E-state index contributed by atoms with van der Waals surface area (Å²) in [5.74, 6) is -0.132. The van der Waals surface area contributed by atoms with Gasteiger partial charge in [0.1, 0.15) is 5.54 Å². The highest BCUT2D eigenvalue weighted by atomic mass is 16.7. The number of aliphatic hydroxyl groups is 1. The van der Waals surface area contributed by atoms with Gasteiger partial charge in [-0.15, -0.1) is 0 Å². The molecule has 2 fully saturated rings. The molecule has 0 aromatic rings. The summed E-state index contributed by atoms with van der Waals surface area (Å²) >= 11 is 0. The minimum atomic E-state index is -0.960. The summed E-state index contributed by atoms with van der Waals surface area (Å²) in [6.07, 6.45) is 0.207. The highest BCUT2D eigenvalue weighted by molar-refractivity contribution is 5.89. The highest BCUT2D eigenvalue weighted by Crippen LogP contribution is 2.44. The van der Waals surface area contributed by atoms with Crippen molar-refractivity contribution in [2.75, 3.05) is 7.11 Å². The Morgan fingerprint density at radius 1 is 1.28 bits per heavy atom. The zero-order valence-electron chi connectivity index (χ0n) is 11.7. The number of carbonyl (C=O) groups is 1. The van der Waals surface area contributed by atoms with Gasteiger partial charge in [-0.3, -0.25) is 10.1 Å². The first-order valence-corrected chi connectivity index (χ1v) is 6.24. The Bertz CT molecular complexity index is 350. The summed E-state index contributed by atoms with van der Waals surface area (Å²) in [5, 5.41) is 17.0. The van der Waals surface area contributed by atoms with Gasteiger partial charge in [-0.05, 0) is 40.5 Å². The lowest BCUT2D eigenvalue weighted by Crippen LogP contribution is -2.69. The molecule has 6 nitrogen and oxygen atoms in total. The molecule has 0 saturated carbocycles. The van der Waals surface area contributed by atoms with Crippen LogP contribution in [0.2, 0.25) is 0 Å². The second kappa shape index (κ2) is 3.90. The number of aliphatic hydroxyl groups excluding tert-OH is 1. The molecule has 0 bridgehead atoms. The van der Waals surface area contributed by atoms with Crippen LogP contribution in [0.25, 0.3) is 0 Å². The van der Waals surface area contributed by atoms with Gasteiger partial charge in [0, 0.05) is 11.1 Å². The molecule has 1 spiro atoms. The number of amides is 1. The molecular weight excluding hydrogens is 234 g/mol. The van der Waals surface area contributed by atoms with Gasteiger partial charge >= 0.3 is 0 Å². The number of nitrogens with one attached hydrogen (secondary N) is 2. The number of hydrogen-bond donors (Lipinski definition) is 3. The molecule has 3 N–H and O–H groups in total. The van der Waals surface area contributed by atoms with Crippen LogP contribution in [0.1, 0.15) is 40.5 Å². The van der Waals surface area contributed by atoms with Crippen molar-refractivity contribution in [1.82, 2.24) is 15.7 Å². The van der Waals surface area contributed by atoms with E-state index in [0.29, 0.717) is 12.8 Å². The van der Waals surface area contributed by atoms with E-state index in [1.807, 2.05) is 32.8 Å². The van der Waals surface area contributed by atoms with Gasteiger partial charge in [-0.2, -0.15) is 5.06 Å². The van der Waals surface area contributed by atoms with Crippen molar-refractivity contribution in [3.05, 3.63) is 0 Å². The average Bonchev–Trinajstić information content (AvgIpc) is 2.36. The van der Waals surface area contributed by atoms with Crippen LogP contribution in [0.15, 0.2) is 0 Å². The largest absolute Gasteiger partial charge is 0.361 e. The molecule has 1 unspecified atom stereocenters. The summed E-state index contributed by atoms with van der Waals surface area (Å²) in [5.41, 5.74) is -1.32. The number of hydroxylamine groups is 2. The Morgan fingerprint density at radius 2 is 1.78 bits per heavy atom. The second-order valence-corrected chi connectivity index (χ2v) is 6.56. The van der Waals surface area contributed by atoms with E-state index in [-0.39, 0.29) is 17.0 Å². The molecule has 0 aliphatic carbocycles. The van der Waals surface area contributed by atoms with Gasteiger partial charge in [0.15, 0.2) is 6.35 Å². The minimum absolute atomic E-state index is 0.132. The van der Waals surface area contributed by atoms with Crippen molar-refractivity contribution in [2.45, 2.75) is 63.5 Å². The van der Waals surface area contributed by atoms with Gasteiger partial charge in [0.25, 0.3) is 0 Å². The van der Waals surface area contributed by atoms with Gasteiger partial charge in [0.05, 0.1) is 7.11 Å². The Hall–Kier alpha value is -0.690. The molecule has 0 radical (unpaired) electrons. The number of hydrogen-bond acceptors (Lipinski definition) is 5. The lowest BCUT2D eigenvalue weighted by Gasteiger charge is -2.56. The van der Waals surface area contributed by atoms with E-state index in [1.54, 1.807) is 7.11 Å². The fourth-order valence-corrected chi connectivity index (χ4v) is 3.89. The fourth-order valence-electron chi connectivity index (χ4n) is 3.89.